The van der Waals surface area contributed by atoms with Crippen molar-refractivity contribution in [3.05, 3.63) is 11.6 Å². The van der Waals surface area contributed by atoms with Crippen LogP contribution >= 0.6 is 11.3 Å². The summed E-state index contributed by atoms with van der Waals surface area (Å²) in [7, 11) is -2.25. The van der Waals surface area contributed by atoms with E-state index in [1.165, 1.54) is 15.7 Å². The third kappa shape index (κ3) is 2.49. The molecule has 1 amide bonds. The number of sulfonamides is 1. The zero-order valence-electron chi connectivity index (χ0n) is 11.3. The number of carbonyl (C=O) groups is 1. The van der Waals surface area contributed by atoms with Crippen LogP contribution in [0.3, 0.4) is 0 Å². The fraction of sp³-hybridized carbons (Fsp3) is 0.455. The van der Waals surface area contributed by atoms with Gasteiger partial charge in [0.2, 0.25) is 5.91 Å². The Morgan fingerprint density at radius 3 is 3.05 bits per heavy atom. The van der Waals surface area contributed by atoms with E-state index in [4.69, 9.17) is 0 Å². The lowest BCUT2D eigenvalue weighted by atomic mass is 10.1. The molecular weight excluding hydrogens is 314 g/mol. The molecule has 0 saturated carbocycles. The number of rotatable bonds is 4. The van der Waals surface area contributed by atoms with Crippen molar-refractivity contribution in [1.29, 1.82) is 0 Å². The minimum Gasteiger partial charge on any atom is -0.371 e. The number of carbonyl (C=O) groups excluding carboxylic acids is 1. The highest BCUT2D eigenvalue weighted by molar-refractivity contribution is 7.89. The van der Waals surface area contributed by atoms with Crippen molar-refractivity contribution < 1.29 is 13.2 Å². The molecular formula is C11H15N5O3S2. The van der Waals surface area contributed by atoms with Gasteiger partial charge < -0.3 is 10.6 Å². The quantitative estimate of drug-likeness (QED) is 0.732. The number of fused-ring (bicyclic) bond motifs is 1. The summed E-state index contributed by atoms with van der Waals surface area (Å²) in [5, 5.41) is 7.23. The molecule has 21 heavy (non-hydrogen) atoms. The predicted molar refractivity (Wildman–Crippen MR) is 79.0 cm³/mol. The highest BCUT2D eigenvalue weighted by atomic mass is 32.2. The van der Waals surface area contributed by atoms with Gasteiger partial charge in [-0.1, -0.05) is 0 Å². The smallest absolute Gasteiger partial charge is 0.261 e. The van der Waals surface area contributed by atoms with Gasteiger partial charge in [0.25, 0.3) is 10.0 Å². The van der Waals surface area contributed by atoms with Crippen LogP contribution in [-0.2, 0) is 14.8 Å². The molecule has 1 atom stereocenters. The Morgan fingerprint density at radius 1 is 1.52 bits per heavy atom. The lowest BCUT2D eigenvalue weighted by Gasteiger charge is -2.22. The number of nitrogens with zero attached hydrogens (tertiary/aromatic N) is 2. The minimum atomic E-state index is -3.85. The maximum Gasteiger partial charge on any atom is 0.261 e. The molecule has 2 aromatic rings. The van der Waals surface area contributed by atoms with Gasteiger partial charge in [0.15, 0.2) is 15.8 Å². The molecule has 2 aromatic heterocycles. The first-order valence-corrected chi connectivity index (χ1v) is 8.82. The summed E-state index contributed by atoms with van der Waals surface area (Å²) in [6, 6.07) is -0.738. The molecule has 0 aromatic carbocycles. The molecule has 114 valence electrons. The van der Waals surface area contributed by atoms with E-state index in [1.54, 1.807) is 18.6 Å². The van der Waals surface area contributed by atoms with Crippen molar-refractivity contribution in [2.24, 2.45) is 0 Å². The van der Waals surface area contributed by atoms with E-state index < -0.39 is 16.1 Å². The molecule has 1 aliphatic heterocycles. The van der Waals surface area contributed by atoms with E-state index in [1.807, 2.05) is 0 Å². The van der Waals surface area contributed by atoms with E-state index in [0.29, 0.717) is 17.9 Å². The number of anilines is 1. The Labute approximate surface area is 125 Å². The van der Waals surface area contributed by atoms with Crippen LogP contribution in [0.2, 0.25) is 0 Å². The second kappa shape index (κ2) is 5.28. The zero-order valence-corrected chi connectivity index (χ0v) is 12.9. The van der Waals surface area contributed by atoms with E-state index in [2.05, 4.69) is 20.3 Å². The van der Waals surface area contributed by atoms with E-state index >= 15 is 0 Å². The number of amides is 1. The Morgan fingerprint density at radius 2 is 2.33 bits per heavy atom. The van der Waals surface area contributed by atoms with Crippen molar-refractivity contribution in [1.82, 2.24) is 19.4 Å². The average molecular weight is 329 g/mol. The standard InChI is InChI=1S/C11H15N5O3S2/c1-12-8-10(16-5-6-20-11(16)14-8)21(18,19)15-7-3-2-4-13-9(7)17/h5-7,12,15H,2-4H2,1H3,(H,13,17). The monoisotopic (exact) mass is 329 g/mol. The number of hydrogen-bond acceptors (Lipinski definition) is 6. The largest absolute Gasteiger partial charge is 0.371 e. The maximum atomic E-state index is 12.6. The third-order valence-corrected chi connectivity index (χ3v) is 5.54. The number of imidazole rings is 1. The lowest BCUT2D eigenvalue weighted by molar-refractivity contribution is -0.124. The zero-order chi connectivity index (χ0) is 15.0. The summed E-state index contributed by atoms with van der Waals surface area (Å²) in [6.07, 6.45) is 2.88. The Kier molecular flexibility index (Phi) is 3.59. The first-order chi connectivity index (χ1) is 10.0. The van der Waals surface area contributed by atoms with Crippen LogP contribution in [0, 0.1) is 0 Å². The first kappa shape index (κ1) is 14.3. The Hall–Kier alpha value is -1.65. The number of hydrogen-bond donors (Lipinski definition) is 3. The minimum absolute atomic E-state index is 0.0274. The van der Waals surface area contributed by atoms with E-state index in [-0.39, 0.29) is 16.8 Å². The van der Waals surface area contributed by atoms with Crippen molar-refractivity contribution in [2.45, 2.75) is 23.9 Å². The number of piperidine rings is 1. The molecule has 0 aliphatic carbocycles. The molecule has 8 nitrogen and oxygen atoms in total. The Bertz CT molecular complexity index is 779. The molecule has 0 radical (unpaired) electrons. The maximum absolute atomic E-state index is 12.6. The van der Waals surface area contributed by atoms with Crippen LogP contribution in [0.15, 0.2) is 16.6 Å². The summed E-state index contributed by atoms with van der Waals surface area (Å²) in [5.41, 5.74) is 0. The van der Waals surface area contributed by atoms with Crippen LogP contribution < -0.4 is 15.4 Å². The molecule has 3 heterocycles. The predicted octanol–water partition coefficient (Wildman–Crippen LogP) is -0.00560. The van der Waals surface area contributed by atoms with Crippen molar-refractivity contribution in [3.63, 3.8) is 0 Å². The fourth-order valence-corrected chi connectivity index (χ4v) is 4.60. The first-order valence-electron chi connectivity index (χ1n) is 6.46. The van der Waals surface area contributed by atoms with E-state index in [0.717, 1.165) is 6.42 Å². The molecule has 3 N–H and O–H groups in total. The summed E-state index contributed by atoms with van der Waals surface area (Å²) in [6.45, 7) is 0.584. The third-order valence-electron chi connectivity index (χ3n) is 3.29. The average Bonchev–Trinajstić information content (AvgIpc) is 3.00. The molecule has 3 rings (SSSR count). The van der Waals surface area contributed by atoms with E-state index in [9.17, 15) is 13.2 Å². The van der Waals surface area contributed by atoms with Crippen molar-refractivity contribution in [3.8, 4) is 0 Å². The molecule has 10 heteroatoms. The van der Waals surface area contributed by atoms with Gasteiger partial charge in [-0.3, -0.25) is 9.20 Å². The molecule has 0 spiro atoms. The van der Waals surface area contributed by atoms with Crippen LogP contribution in [-0.4, -0.2) is 43.3 Å². The second-order valence-corrected chi connectivity index (χ2v) is 7.18. The molecule has 1 aliphatic rings. The highest BCUT2D eigenvalue weighted by Gasteiger charge is 2.32. The van der Waals surface area contributed by atoms with Gasteiger partial charge in [0.05, 0.1) is 0 Å². The summed E-state index contributed by atoms with van der Waals surface area (Å²) in [4.78, 5) is 16.5. The van der Waals surface area contributed by atoms with Gasteiger partial charge in [0, 0.05) is 25.2 Å². The SMILES string of the molecule is CNc1nc2sccn2c1S(=O)(=O)NC1CCCNC1=O. The molecule has 0 bridgehead atoms. The van der Waals surface area contributed by atoms with Gasteiger partial charge in [0.1, 0.15) is 6.04 Å². The van der Waals surface area contributed by atoms with Gasteiger partial charge in [-0.15, -0.1) is 11.3 Å². The lowest BCUT2D eigenvalue weighted by Crippen LogP contribution is -2.50. The van der Waals surface area contributed by atoms with Gasteiger partial charge >= 0.3 is 0 Å². The topological polar surface area (TPSA) is 105 Å². The second-order valence-electron chi connectivity index (χ2n) is 4.68. The van der Waals surface area contributed by atoms with Gasteiger partial charge in [-0.2, -0.15) is 4.72 Å². The normalized spacial score (nSPS) is 19.7. The van der Waals surface area contributed by atoms with Gasteiger partial charge in [-0.05, 0) is 12.8 Å². The number of aromatic nitrogens is 2. The summed E-state index contributed by atoms with van der Waals surface area (Å²) in [5.74, 6) is -0.0209. The summed E-state index contributed by atoms with van der Waals surface area (Å²) >= 11 is 1.34. The number of nitrogens with one attached hydrogen (secondary N) is 3. The van der Waals surface area contributed by atoms with Crippen LogP contribution in [0.5, 0.6) is 0 Å². The molecule has 1 fully saturated rings. The van der Waals surface area contributed by atoms with Crippen LogP contribution in [0.4, 0.5) is 5.82 Å². The number of thiazole rings is 1. The molecule has 1 saturated heterocycles. The van der Waals surface area contributed by atoms with Crippen molar-refractivity contribution >= 4 is 38.0 Å². The van der Waals surface area contributed by atoms with Crippen molar-refractivity contribution in [2.75, 3.05) is 18.9 Å². The Balaban J connectivity index is 1.99. The summed E-state index contributed by atoms with van der Waals surface area (Å²) < 4.78 is 29.2. The van der Waals surface area contributed by atoms with Crippen LogP contribution in [0.1, 0.15) is 12.8 Å². The van der Waals surface area contributed by atoms with Crippen LogP contribution in [0.25, 0.3) is 4.96 Å². The highest BCUT2D eigenvalue weighted by Crippen LogP contribution is 2.25. The van der Waals surface area contributed by atoms with Gasteiger partial charge in [-0.25, -0.2) is 13.4 Å². The fourth-order valence-electron chi connectivity index (χ4n) is 2.31. The molecule has 1 unspecified atom stereocenters.